The van der Waals surface area contributed by atoms with Crippen molar-refractivity contribution in [2.45, 2.75) is 59.7 Å². The Morgan fingerprint density at radius 2 is 1.89 bits per heavy atom. The van der Waals surface area contributed by atoms with Crippen molar-refractivity contribution in [1.29, 1.82) is 0 Å². The average Bonchev–Trinajstić information content (AvgIpc) is 3.55. The molecule has 1 N–H and O–H groups in total. The van der Waals surface area contributed by atoms with Crippen LogP contribution >= 0.6 is 11.3 Å². The summed E-state index contributed by atoms with van der Waals surface area (Å²) < 4.78 is 5.57. The molecule has 36 heavy (non-hydrogen) atoms. The van der Waals surface area contributed by atoms with Gasteiger partial charge >= 0.3 is 0 Å². The molecule has 0 aliphatic heterocycles. The number of furan rings is 1. The molecule has 0 aliphatic rings. The Morgan fingerprint density at radius 1 is 1.11 bits per heavy atom. The van der Waals surface area contributed by atoms with Gasteiger partial charge in [0.15, 0.2) is 5.76 Å². The van der Waals surface area contributed by atoms with E-state index in [0.29, 0.717) is 11.4 Å². The quantitative estimate of drug-likeness (QED) is 0.392. The highest BCUT2D eigenvalue weighted by Gasteiger charge is 2.36. The molecule has 0 spiro atoms. The SMILES string of the molecule is Cc1ccc(-c2nnn(CC(=O)N(c3cccc(C)c3C)C(C(=O)NC(C)(C)C)c3cccs3)n2)o1. The Bertz CT molecular complexity index is 1370. The first-order valence-corrected chi connectivity index (χ1v) is 12.5. The van der Waals surface area contributed by atoms with E-state index in [9.17, 15) is 9.59 Å². The third-order valence-electron chi connectivity index (χ3n) is 5.61. The second kappa shape index (κ2) is 10.1. The summed E-state index contributed by atoms with van der Waals surface area (Å²) in [6, 6.07) is 12.2. The molecule has 4 aromatic rings. The molecule has 0 saturated carbocycles. The third-order valence-corrected chi connectivity index (χ3v) is 6.54. The smallest absolute Gasteiger partial charge is 0.251 e. The Morgan fingerprint density at radius 3 is 2.53 bits per heavy atom. The summed E-state index contributed by atoms with van der Waals surface area (Å²) in [7, 11) is 0. The van der Waals surface area contributed by atoms with Gasteiger partial charge in [0.25, 0.3) is 5.91 Å². The molecule has 0 fully saturated rings. The van der Waals surface area contributed by atoms with Gasteiger partial charge in [-0.3, -0.25) is 14.5 Å². The predicted molar refractivity (Wildman–Crippen MR) is 139 cm³/mol. The normalized spacial score (nSPS) is 12.4. The van der Waals surface area contributed by atoms with Gasteiger partial charge < -0.3 is 9.73 Å². The van der Waals surface area contributed by atoms with Crippen LogP contribution in [0.1, 0.15) is 48.6 Å². The number of rotatable bonds is 7. The number of hydrogen-bond donors (Lipinski definition) is 1. The fourth-order valence-corrected chi connectivity index (χ4v) is 4.65. The monoisotopic (exact) mass is 506 g/mol. The van der Waals surface area contributed by atoms with Crippen LogP contribution in [0, 0.1) is 20.8 Å². The number of hydrogen-bond acceptors (Lipinski definition) is 7. The van der Waals surface area contributed by atoms with Gasteiger partial charge in [-0.25, -0.2) is 0 Å². The van der Waals surface area contributed by atoms with Gasteiger partial charge in [-0.15, -0.1) is 21.5 Å². The van der Waals surface area contributed by atoms with Crippen LogP contribution in [0.2, 0.25) is 0 Å². The third kappa shape index (κ3) is 5.54. The minimum Gasteiger partial charge on any atom is -0.458 e. The summed E-state index contributed by atoms with van der Waals surface area (Å²) in [6.45, 7) is 11.3. The van der Waals surface area contributed by atoms with Crippen LogP contribution in [0.15, 0.2) is 52.3 Å². The van der Waals surface area contributed by atoms with Crippen molar-refractivity contribution in [2.24, 2.45) is 0 Å². The van der Waals surface area contributed by atoms with Crippen molar-refractivity contribution in [3.8, 4) is 11.6 Å². The summed E-state index contributed by atoms with van der Waals surface area (Å²) in [6.07, 6.45) is 0. The van der Waals surface area contributed by atoms with E-state index >= 15 is 0 Å². The van der Waals surface area contributed by atoms with Gasteiger partial charge in [0, 0.05) is 16.1 Å². The standard InChI is InChI=1S/C26H30N6O3S/c1-16-9-7-10-19(18(16)3)32(23(21-11-8-14-36-21)25(34)27-26(4,5)6)22(33)15-31-29-24(28-30-31)20-13-12-17(2)35-20/h7-14,23H,15H2,1-6H3,(H,27,34). The fourth-order valence-electron chi connectivity index (χ4n) is 3.83. The number of amides is 2. The van der Waals surface area contributed by atoms with Gasteiger partial charge in [-0.1, -0.05) is 18.2 Å². The lowest BCUT2D eigenvalue weighted by Gasteiger charge is -2.34. The maximum Gasteiger partial charge on any atom is 0.251 e. The maximum atomic E-state index is 13.9. The van der Waals surface area contributed by atoms with E-state index in [4.69, 9.17) is 4.42 Å². The molecule has 0 aliphatic carbocycles. The Balaban J connectivity index is 1.75. The van der Waals surface area contributed by atoms with E-state index < -0.39 is 11.6 Å². The number of carbonyl (C=O) groups excluding carboxylic acids is 2. The highest BCUT2D eigenvalue weighted by atomic mass is 32.1. The molecule has 0 radical (unpaired) electrons. The molecule has 3 aromatic heterocycles. The lowest BCUT2D eigenvalue weighted by atomic mass is 10.0. The average molecular weight is 507 g/mol. The Hall–Kier alpha value is -3.79. The van der Waals surface area contributed by atoms with Crippen molar-refractivity contribution in [3.05, 3.63) is 69.6 Å². The van der Waals surface area contributed by atoms with E-state index in [2.05, 4.69) is 20.7 Å². The molecule has 1 unspecified atom stereocenters. The summed E-state index contributed by atoms with van der Waals surface area (Å²) in [5.74, 6) is 0.874. The molecule has 9 nitrogen and oxygen atoms in total. The van der Waals surface area contributed by atoms with E-state index in [1.54, 1.807) is 11.0 Å². The van der Waals surface area contributed by atoms with Crippen molar-refractivity contribution >= 4 is 28.8 Å². The van der Waals surface area contributed by atoms with Crippen LogP contribution in [0.25, 0.3) is 11.6 Å². The molecular formula is C26H30N6O3S. The lowest BCUT2D eigenvalue weighted by molar-refractivity contribution is -0.128. The number of nitrogens with zero attached hydrogens (tertiary/aromatic N) is 5. The van der Waals surface area contributed by atoms with Gasteiger partial charge in [0.2, 0.25) is 11.7 Å². The van der Waals surface area contributed by atoms with Crippen LogP contribution in [0.5, 0.6) is 0 Å². The topological polar surface area (TPSA) is 106 Å². The number of benzene rings is 1. The summed E-state index contributed by atoms with van der Waals surface area (Å²) >= 11 is 1.43. The molecule has 0 bridgehead atoms. The minimum absolute atomic E-state index is 0.204. The Labute approximate surface area is 214 Å². The molecule has 2 amide bonds. The number of carbonyl (C=O) groups is 2. The van der Waals surface area contributed by atoms with Crippen LogP contribution in [0.3, 0.4) is 0 Å². The van der Waals surface area contributed by atoms with Gasteiger partial charge in [0.1, 0.15) is 18.3 Å². The van der Waals surface area contributed by atoms with Crippen LogP contribution in [0.4, 0.5) is 5.69 Å². The van der Waals surface area contributed by atoms with E-state index in [1.807, 2.05) is 83.3 Å². The molecule has 188 valence electrons. The van der Waals surface area contributed by atoms with Crippen molar-refractivity contribution < 1.29 is 14.0 Å². The first-order valence-electron chi connectivity index (χ1n) is 11.6. The highest BCUT2D eigenvalue weighted by Crippen LogP contribution is 2.34. The van der Waals surface area contributed by atoms with E-state index in [0.717, 1.165) is 21.8 Å². The number of tetrazole rings is 1. The summed E-state index contributed by atoms with van der Waals surface area (Å²) in [5, 5.41) is 17.4. The van der Waals surface area contributed by atoms with Gasteiger partial charge in [-0.2, -0.15) is 4.80 Å². The van der Waals surface area contributed by atoms with Crippen molar-refractivity contribution in [2.75, 3.05) is 4.90 Å². The number of aromatic nitrogens is 4. The second-order valence-electron chi connectivity index (χ2n) is 9.69. The predicted octanol–water partition coefficient (Wildman–Crippen LogP) is 4.61. The van der Waals surface area contributed by atoms with Crippen LogP contribution in [-0.2, 0) is 16.1 Å². The van der Waals surface area contributed by atoms with Crippen molar-refractivity contribution in [1.82, 2.24) is 25.5 Å². The first-order chi connectivity index (χ1) is 17.0. The van der Waals surface area contributed by atoms with Gasteiger partial charge in [0.05, 0.1) is 0 Å². The molecule has 1 atom stereocenters. The largest absolute Gasteiger partial charge is 0.458 e. The second-order valence-corrected chi connectivity index (χ2v) is 10.7. The molecule has 0 saturated heterocycles. The number of anilines is 1. The zero-order chi connectivity index (χ0) is 26.0. The molecule has 1 aromatic carbocycles. The first kappa shape index (κ1) is 25.3. The summed E-state index contributed by atoms with van der Waals surface area (Å²) in [5.41, 5.74) is 2.10. The van der Waals surface area contributed by atoms with E-state index in [-0.39, 0.29) is 24.2 Å². The lowest BCUT2D eigenvalue weighted by Crippen LogP contribution is -2.50. The van der Waals surface area contributed by atoms with Crippen molar-refractivity contribution in [3.63, 3.8) is 0 Å². The fraction of sp³-hybridized carbons (Fsp3) is 0.346. The zero-order valence-corrected chi connectivity index (χ0v) is 22.1. The highest BCUT2D eigenvalue weighted by molar-refractivity contribution is 7.10. The molecule has 10 heteroatoms. The Kier molecular flexibility index (Phi) is 7.07. The van der Waals surface area contributed by atoms with Crippen LogP contribution < -0.4 is 10.2 Å². The number of aryl methyl sites for hydroxylation is 2. The molecule has 4 rings (SSSR count). The van der Waals surface area contributed by atoms with Gasteiger partial charge in [-0.05, 0) is 87.5 Å². The zero-order valence-electron chi connectivity index (χ0n) is 21.3. The number of thiophene rings is 1. The number of nitrogens with one attached hydrogen (secondary N) is 1. The maximum absolute atomic E-state index is 13.9. The molecular weight excluding hydrogens is 476 g/mol. The summed E-state index contributed by atoms with van der Waals surface area (Å²) in [4.78, 5) is 31.1. The minimum atomic E-state index is -0.868. The van der Waals surface area contributed by atoms with E-state index in [1.165, 1.54) is 16.1 Å². The molecule has 3 heterocycles. The van der Waals surface area contributed by atoms with Crippen LogP contribution in [-0.4, -0.2) is 37.6 Å².